The summed E-state index contributed by atoms with van der Waals surface area (Å²) in [7, 11) is 0. The maximum Gasteiger partial charge on any atom is 0.264 e. The number of aromatic amines is 2. The van der Waals surface area contributed by atoms with Gasteiger partial charge in [0.05, 0.1) is 11.7 Å². The molecule has 0 aliphatic heterocycles. The molecule has 2 rings (SSSR count). The molecule has 72 valence electrons. The highest BCUT2D eigenvalue weighted by Gasteiger charge is 2.09. The average molecular weight is 189 g/mol. The third-order valence-electron chi connectivity index (χ3n) is 2.11. The molecular formula is C10H11N3O. The van der Waals surface area contributed by atoms with Crippen LogP contribution in [0.5, 0.6) is 0 Å². The van der Waals surface area contributed by atoms with E-state index in [1.54, 1.807) is 0 Å². The molecule has 1 aromatic heterocycles. The lowest BCUT2D eigenvalue weighted by Crippen LogP contribution is -2.12. The Morgan fingerprint density at radius 1 is 1.14 bits per heavy atom. The monoisotopic (exact) mass is 189 g/mol. The first kappa shape index (κ1) is 8.77. The predicted molar refractivity (Wildman–Crippen MR) is 53.9 cm³/mol. The molecule has 4 nitrogen and oxygen atoms in total. The average Bonchev–Trinajstić information content (AvgIpc) is 2.65. The SMILES string of the molecule is NC(c1ccccc1)c1cc(=O)[nH][nH]1. The Balaban J connectivity index is 2.33. The highest BCUT2D eigenvalue weighted by Crippen LogP contribution is 2.14. The molecule has 0 radical (unpaired) electrons. The standard InChI is InChI=1S/C10H11N3O/c11-10(7-4-2-1-3-5-7)8-6-9(14)13-12-8/h1-6,10H,11H2,(H2,12,13,14). The van der Waals surface area contributed by atoms with E-state index in [9.17, 15) is 4.79 Å². The fourth-order valence-corrected chi connectivity index (χ4v) is 1.35. The van der Waals surface area contributed by atoms with Crippen molar-refractivity contribution >= 4 is 0 Å². The normalized spacial score (nSPS) is 12.6. The van der Waals surface area contributed by atoms with E-state index < -0.39 is 0 Å². The Bertz CT molecular complexity index is 457. The van der Waals surface area contributed by atoms with Crippen LogP contribution in [0.3, 0.4) is 0 Å². The van der Waals surface area contributed by atoms with Crippen molar-refractivity contribution in [1.29, 1.82) is 0 Å². The smallest absolute Gasteiger partial charge is 0.264 e. The van der Waals surface area contributed by atoms with Crippen LogP contribution in [0.25, 0.3) is 0 Å². The molecule has 0 bridgehead atoms. The molecule has 0 saturated carbocycles. The summed E-state index contributed by atoms with van der Waals surface area (Å²) in [5.74, 6) is 0. The van der Waals surface area contributed by atoms with Crippen molar-refractivity contribution in [2.24, 2.45) is 5.73 Å². The minimum Gasteiger partial charge on any atom is -0.319 e. The summed E-state index contributed by atoms with van der Waals surface area (Å²) in [5, 5.41) is 5.20. The van der Waals surface area contributed by atoms with E-state index in [0.717, 1.165) is 5.56 Å². The molecule has 0 spiro atoms. The fourth-order valence-electron chi connectivity index (χ4n) is 1.35. The summed E-state index contributed by atoms with van der Waals surface area (Å²) >= 11 is 0. The molecule has 2 aromatic rings. The summed E-state index contributed by atoms with van der Waals surface area (Å²) in [4.78, 5) is 10.9. The molecular weight excluding hydrogens is 178 g/mol. The van der Waals surface area contributed by atoms with Gasteiger partial charge >= 0.3 is 0 Å². The van der Waals surface area contributed by atoms with Crippen molar-refractivity contribution in [3.63, 3.8) is 0 Å². The Morgan fingerprint density at radius 2 is 1.86 bits per heavy atom. The highest BCUT2D eigenvalue weighted by molar-refractivity contribution is 5.25. The Labute approximate surface area is 80.8 Å². The van der Waals surface area contributed by atoms with Gasteiger partial charge in [0.25, 0.3) is 5.56 Å². The van der Waals surface area contributed by atoms with Gasteiger partial charge in [0, 0.05) is 6.07 Å². The van der Waals surface area contributed by atoms with E-state index in [1.807, 2.05) is 30.3 Å². The van der Waals surface area contributed by atoms with Gasteiger partial charge in [0.15, 0.2) is 0 Å². The summed E-state index contributed by atoms with van der Waals surface area (Å²) < 4.78 is 0. The second-order valence-corrected chi connectivity index (χ2v) is 3.10. The van der Waals surface area contributed by atoms with Crippen LogP contribution in [0.2, 0.25) is 0 Å². The molecule has 0 saturated heterocycles. The molecule has 1 aromatic carbocycles. The lowest BCUT2D eigenvalue weighted by molar-refractivity contribution is 0.815. The van der Waals surface area contributed by atoms with Gasteiger partial charge in [0.1, 0.15) is 0 Å². The molecule has 0 amide bonds. The van der Waals surface area contributed by atoms with Gasteiger partial charge in [-0.3, -0.25) is 9.89 Å². The van der Waals surface area contributed by atoms with Crippen molar-refractivity contribution in [1.82, 2.24) is 10.2 Å². The Kier molecular flexibility index (Phi) is 2.20. The van der Waals surface area contributed by atoms with E-state index in [0.29, 0.717) is 5.69 Å². The molecule has 0 aliphatic carbocycles. The minimum absolute atomic E-state index is 0.161. The lowest BCUT2D eigenvalue weighted by Gasteiger charge is -2.08. The van der Waals surface area contributed by atoms with E-state index in [-0.39, 0.29) is 11.6 Å². The molecule has 1 unspecified atom stereocenters. The third kappa shape index (κ3) is 1.60. The van der Waals surface area contributed by atoms with Crippen LogP contribution in [0.1, 0.15) is 17.3 Å². The quantitative estimate of drug-likeness (QED) is 0.652. The maximum absolute atomic E-state index is 10.9. The highest BCUT2D eigenvalue weighted by atomic mass is 16.1. The van der Waals surface area contributed by atoms with Crippen molar-refractivity contribution in [3.8, 4) is 0 Å². The van der Waals surface area contributed by atoms with Gasteiger partial charge in [0.2, 0.25) is 0 Å². The Morgan fingerprint density at radius 3 is 2.43 bits per heavy atom. The molecule has 1 atom stereocenters. The van der Waals surface area contributed by atoms with E-state index in [1.165, 1.54) is 6.07 Å². The van der Waals surface area contributed by atoms with Crippen LogP contribution in [-0.2, 0) is 0 Å². The number of benzene rings is 1. The van der Waals surface area contributed by atoms with Gasteiger partial charge < -0.3 is 10.8 Å². The second-order valence-electron chi connectivity index (χ2n) is 3.10. The summed E-state index contributed by atoms with van der Waals surface area (Å²) in [6, 6.07) is 10.8. The van der Waals surface area contributed by atoms with E-state index in [2.05, 4.69) is 10.2 Å². The zero-order valence-corrected chi connectivity index (χ0v) is 7.53. The third-order valence-corrected chi connectivity index (χ3v) is 2.11. The molecule has 4 N–H and O–H groups in total. The van der Waals surface area contributed by atoms with Crippen molar-refractivity contribution in [2.75, 3.05) is 0 Å². The molecule has 0 fully saturated rings. The van der Waals surface area contributed by atoms with Crippen LogP contribution in [-0.4, -0.2) is 10.2 Å². The largest absolute Gasteiger partial charge is 0.319 e. The first-order valence-corrected chi connectivity index (χ1v) is 4.35. The first-order chi connectivity index (χ1) is 6.77. The van der Waals surface area contributed by atoms with Gasteiger partial charge in [-0.15, -0.1) is 0 Å². The number of hydrogen-bond acceptors (Lipinski definition) is 2. The predicted octanol–water partition coefficient (Wildman–Crippen LogP) is 0.751. The van der Waals surface area contributed by atoms with Crippen molar-refractivity contribution in [3.05, 3.63) is 58.0 Å². The summed E-state index contributed by atoms with van der Waals surface area (Å²) in [6.45, 7) is 0. The minimum atomic E-state index is -0.282. The van der Waals surface area contributed by atoms with Crippen LogP contribution < -0.4 is 11.3 Å². The van der Waals surface area contributed by atoms with Gasteiger partial charge in [-0.25, -0.2) is 0 Å². The summed E-state index contributed by atoms with van der Waals surface area (Å²) in [6.07, 6.45) is 0. The molecule has 14 heavy (non-hydrogen) atoms. The van der Waals surface area contributed by atoms with Crippen molar-refractivity contribution in [2.45, 2.75) is 6.04 Å². The first-order valence-electron chi connectivity index (χ1n) is 4.35. The lowest BCUT2D eigenvalue weighted by atomic mass is 10.1. The number of aromatic nitrogens is 2. The van der Waals surface area contributed by atoms with E-state index >= 15 is 0 Å². The van der Waals surface area contributed by atoms with Crippen LogP contribution in [0, 0.1) is 0 Å². The second kappa shape index (κ2) is 3.51. The number of rotatable bonds is 2. The number of H-pyrrole nitrogens is 2. The van der Waals surface area contributed by atoms with Gasteiger partial charge in [-0.05, 0) is 5.56 Å². The van der Waals surface area contributed by atoms with Gasteiger partial charge in [-0.2, -0.15) is 0 Å². The van der Waals surface area contributed by atoms with E-state index in [4.69, 9.17) is 5.73 Å². The molecule has 0 aliphatic rings. The van der Waals surface area contributed by atoms with Crippen LogP contribution >= 0.6 is 0 Å². The summed E-state index contributed by atoms with van der Waals surface area (Å²) in [5.41, 5.74) is 7.45. The zero-order chi connectivity index (χ0) is 9.97. The molecule has 1 heterocycles. The fraction of sp³-hybridized carbons (Fsp3) is 0.100. The Hall–Kier alpha value is -1.81. The van der Waals surface area contributed by atoms with Crippen molar-refractivity contribution < 1.29 is 0 Å². The zero-order valence-electron chi connectivity index (χ0n) is 7.53. The number of nitrogens with two attached hydrogens (primary N) is 1. The topological polar surface area (TPSA) is 74.7 Å². The van der Waals surface area contributed by atoms with Crippen LogP contribution in [0.4, 0.5) is 0 Å². The molecule has 4 heteroatoms. The number of hydrogen-bond donors (Lipinski definition) is 3. The maximum atomic E-state index is 10.9. The van der Waals surface area contributed by atoms with Gasteiger partial charge in [-0.1, -0.05) is 30.3 Å². The number of nitrogens with one attached hydrogen (secondary N) is 2. The van der Waals surface area contributed by atoms with Crippen LogP contribution in [0.15, 0.2) is 41.2 Å².